The van der Waals surface area contributed by atoms with Crippen LogP contribution in [0.4, 0.5) is 18.9 Å². The van der Waals surface area contributed by atoms with Crippen LogP contribution in [0, 0.1) is 0 Å². The number of hydrogen-bond donors (Lipinski definition) is 1. The van der Waals surface area contributed by atoms with Crippen LogP contribution in [0.2, 0.25) is 0 Å². The predicted molar refractivity (Wildman–Crippen MR) is 113 cm³/mol. The van der Waals surface area contributed by atoms with Gasteiger partial charge in [-0.15, -0.1) is 13.2 Å². The van der Waals surface area contributed by atoms with Gasteiger partial charge in [-0.3, -0.25) is 0 Å². The van der Waals surface area contributed by atoms with Gasteiger partial charge in [0, 0.05) is 11.6 Å². The minimum atomic E-state index is -4.75. The molecule has 2 aromatic carbocycles. The number of nitrogens with two attached hydrogens (primary N) is 1. The Morgan fingerprint density at radius 2 is 1.61 bits per heavy atom. The van der Waals surface area contributed by atoms with Gasteiger partial charge in [0.05, 0.1) is 5.69 Å². The first kappa shape index (κ1) is 23.7. The van der Waals surface area contributed by atoms with Gasteiger partial charge < -0.3 is 15.2 Å². The second kappa shape index (κ2) is 9.92. The molecule has 0 spiro atoms. The SMILES string of the molecule is CC(C)(C)OC(=O)/C=C/c1ccc(C(N)=NC=Nc2ccc(OC(F)(F)F)cc2)cc1. The number of esters is 1. The van der Waals surface area contributed by atoms with Gasteiger partial charge in [0.1, 0.15) is 23.5 Å². The molecule has 0 heterocycles. The third kappa shape index (κ3) is 9.16. The van der Waals surface area contributed by atoms with Crippen molar-refractivity contribution in [2.24, 2.45) is 15.7 Å². The molecule has 0 atom stereocenters. The molecule has 164 valence electrons. The second-order valence-electron chi connectivity index (χ2n) is 7.29. The molecular weight excluding hydrogens is 411 g/mol. The van der Waals surface area contributed by atoms with E-state index in [1.165, 1.54) is 24.5 Å². The number of carbonyl (C=O) groups excluding carboxylic acids is 1. The fourth-order valence-corrected chi connectivity index (χ4v) is 2.23. The van der Waals surface area contributed by atoms with Gasteiger partial charge in [-0.25, -0.2) is 14.8 Å². The number of halogens is 3. The van der Waals surface area contributed by atoms with Gasteiger partial charge in [0.15, 0.2) is 0 Å². The number of hydrogen-bond acceptors (Lipinski definition) is 4. The van der Waals surface area contributed by atoms with Crippen LogP contribution in [0.3, 0.4) is 0 Å². The predicted octanol–water partition coefficient (Wildman–Crippen LogP) is 5.01. The highest BCUT2D eigenvalue weighted by Crippen LogP contribution is 2.24. The lowest BCUT2D eigenvalue weighted by molar-refractivity contribution is -0.274. The van der Waals surface area contributed by atoms with E-state index >= 15 is 0 Å². The van der Waals surface area contributed by atoms with Crippen molar-refractivity contribution in [2.75, 3.05) is 0 Å². The molecule has 0 aliphatic rings. The van der Waals surface area contributed by atoms with E-state index in [0.717, 1.165) is 17.7 Å². The van der Waals surface area contributed by atoms with Crippen LogP contribution in [0.5, 0.6) is 5.75 Å². The number of ether oxygens (including phenoxy) is 2. The third-order valence-corrected chi connectivity index (χ3v) is 3.50. The first-order valence-electron chi connectivity index (χ1n) is 9.14. The Kier molecular flexibility index (Phi) is 7.57. The van der Waals surface area contributed by atoms with Gasteiger partial charge in [-0.2, -0.15) is 0 Å². The second-order valence-corrected chi connectivity index (χ2v) is 7.29. The number of aliphatic imine (C=N–C) groups is 2. The minimum absolute atomic E-state index is 0.198. The highest BCUT2D eigenvalue weighted by atomic mass is 19.4. The highest BCUT2D eigenvalue weighted by Gasteiger charge is 2.30. The van der Waals surface area contributed by atoms with Crippen LogP contribution in [-0.2, 0) is 9.53 Å². The van der Waals surface area contributed by atoms with E-state index in [-0.39, 0.29) is 11.6 Å². The zero-order chi connectivity index (χ0) is 23.1. The van der Waals surface area contributed by atoms with Crippen LogP contribution in [0.25, 0.3) is 6.08 Å². The molecule has 0 amide bonds. The summed E-state index contributed by atoms with van der Waals surface area (Å²) in [5.74, 6) is -0.578. The third-order valence-electron chi connectivity index (χ3n) is 3.50. The normalized spacial score (nSPS) is 13.0. The van der Waals surface area contributed by atoms with Crippen molar-refractivity contribution in [1.29, 1.82) is 0 Å². The van der Waals surface area contributed by atoms with Crippen molar-refractivity contribution < 1.29 is 27.4 Å². The molecule has 0 aliphatic carbocycles. The van der Waals surface area contributed by atoms with E-state index in [4.69, 9.17) is 10.5 Å². The van der Waals surface area contributed by atoms with Crippen molar-refractivity contribution in [1.82, 2.24) is 0 Å². The number of alkyl halides is 3. The number of amidine groups is 1. The molecule has 0 bridgehead atoms. The molecule has 2 N–H and O–H groups in total. The molecule has 6 nitrogen and oxygen atoms in total. The van der Waals surface area contributed by atoms with Crippen molar-refractivity contribution in [3.8, 4) is 5.75 Å². The summed E-state index contributed by atoms with van der Waals surface area (Å²) >= 11 is 0. The first-order chi connectivity index (χ1) is 14.4. The minimum Gasteiger partial charge on any atom is -0.457 e. The lowest BCUT2D eigenvalue weighted by Gasteiger charge is -2.17. The molecule has 0 unspecified atom stereocenters. The van der Waals surface area contributed by atoms with Crippen LogP contribution < -0.4 is 10.5 Å². The average molecular weight is 433 g/mol. The van der Waals surface area contributed by atoms with Crippen molar-refractivity contribution >= 4 is 29.9 Å². The van der Waals surface area contributed by atoms with Crippen LogP contribution >= 0.6 is 0 Å². The van der Waals surface area contributed by atoms with Gasteiger partial charge in [-0.05, 0) is 56.7 Å². The molecule has 0 saturated carbocycles. The van der Waals surface area contributed by atoms with Crippen LogP contribution in [-0.4, -0.2) is 30.1 Å². The molecule has 0 radical (unpaired) electrons. The lowest BCUT2D eigenvalue weighted by Crippen LogP contribution is -2.22. The maximum atomic E-state index is 12.1. The van der Waals surface area contributed by atoms with E-state index in [9.17, 15) is 18.0 Å². The largest absolute Gasteiger partial charge is 0.573 e. The zero-order valence-electron chi connectivity index (χ0n) is 17.2. The molecule has 0 aromatic heterocycles. The Morgan fingerprint density at radius 1 is 1.00 bits per heavy atom. The van der Waals surface area contributed by atoms with Crippen LogP contribution in [0.1, 0.15) is 31.9 Å². The first-order valence-corrected chi connectivity index (χ1v) is 9.14. The number of nitrogens with zero attached hydrogens (tertiary/aromatic N) is 2. The average Bonchev–Trinajstić information content (AvgIpc) is 2.65. The fourth-order valence-electron chi connectivity index (χ4n) is 2.23. The standard InChI is InChI=1S/C22H22F3N3O3/c1-21(2,3)31-19(29)13-6-15-4-7-16(8-5-15)20(26)28-14-27-17-9-11-18(12-10-17)30-22(23,24)25/h4-14H,1-3H3,(H2,26,27,28)/b13-6+. The van der Waals surface area contributed by atoms with E-state index in [2.05, 4.69) is 14.7 Å². The van der Waals surface area contributed by atoms with Gasteiger partial charge in [0.25, 0.3) is 0 Å². The van der Waals surface area contributed by atoms with Crippen molar-refractivity contribution in [3.05, 3.63) is 65.7 Å². The van der Waals surface area contributed by atoms with Gasteiger partial charge >= 0.3 is 12.3 Å². The van der Waals surface area contributed by atoms with Crippen LogP contribution in [0.15, 0.2) is 64.6 Å². The summed E-state index contributed by atoms with van der Waals surface area (Å²) < 4.78 is 45.4. The quantitative estimate of drug-likeness (QED) is 0.300. The summed E-state index contributed by atoms with van der Waals surface area (Å²) in [5.41, 5.74) is 7.15. The smallest absolute Gasteiger partial charge is 0.457 e. The van der Waals surface area contributed by atoms with Gasteiger partial charge in [0.2, 0.25) is 0 Å². The Labute approximate surface area is 177 Å². The van der Waals surface area contributed by atoms with E-state index in [1.54, 1.807) is 51.1 Å². The molecule has 0 fully saturated rings. The number of benzene rings is 2. The molecule has 0 aliphatic heterocycles. The summed E-state index contributed by atoms with van der Waals surface area (Å²) in [5, 5.41) is 0. The Balaban J connectivity index is 1.97. The van der Waals surface area contributed by atoms with Gasteiger partial charge in [-0.1, -0.05) is 24.3 Å². The monoisotopic (exact) mass is 433 g/mol. The molecular formula is C22H22F3N3O3. The maximum Gasteiger partial charge on any atom is 0.573 e. The summed E-state index contributed by atoms with van der Waals surface area (Å²) in [6.45, 7) is 5.36. The summed E-state index contributed by atoms with van der Waals surface area (Å²) in [7, 11) is 0. The zero-order valence-corrected chi connectivity index (χ0v) is 17.2. The number of rotatable bonds is 6. The molecule has 2 rings (SSSR count). The Morgan fingerprint density at radius 3 is 2.16 bits per heavy atom. The molecule has 9 heteroatoms. The molecule has 31 heavy (non-hydrogen) atoms. The number of carbonyl (C=O) groups is 1. The molecule has 0 saturated heterocycles. The maximum absolute atomic E-state index is 12.1. The summed E-state index contributed by atoms with van der Waals surface area (Å²) in [6, 6.07) is 12.0. The summed E-state index contributed by atoms with van der Waals surface area (Å²) in [6.07, 6.45) is -0.579. The van der Waals surface area contributed by atoms with E-state index in [1.807, 2.05) is 0 Å². The molecule has 2 aromatic rings. The highest BCUT2D eigenvalue weighted by molar-refractivity contribution is 6.01. The summed E-state index contributed by atoms with van der Waals surface area (Å²) in [4.78, 5) is 19.7. The Hall–Kier alpha value is -3.62. The van der Waals surface area contributed by atoms with Crippen molar-refractivity contribution in [2.45, 2.75) is 32.7 Å². The fraction of sp³-hybridized carbons (Fsp3) is 0.227. The lowest BCUT2D eigenvalue weighted by atomic mass is 10.1. The topological polar surface area (TPSA) is 86.3 Å². The Bertz CT molecular complexity index is 972. The van der Waals surface area contributed by atoms with E-state index in [0.29, 0.717) is 11.3 Å². The van der Waals surface area contributed by atoms with Crippen molar-refractivity contribution in [3.63, 3.8) is 0 Å². The van der Waals surface area contributed by atoms with E-state index < -0.39 is 17.9 Å².